The molecular weight excluding hydrogens is 278 g/mol. The molecule has 1 amide bonds. The van der Waals surface area contributed by atoms with Gasteiger partial charge in [0.05, 0.1) is 6.54 Å². The highest BCUT2D eigenvalue weighted by Crippen LogP contribution is 2.32. The lowest BCUT2D eigenvalue weighted by molar-refractivity contribution is -0.155. The molecule has 20 heavy (non-hydrogen) atoms. The summed E-state index contributed by atoms with van der Waals surface area (Å²) in [5, 5.41) is 10.9. The van der Waals surface area contributed by atoms with Gasteiger partial charge >= 0.3 is 5.97 Å². The summed E-state index contributed by atoms with van der Waals surface area (Å²) in [6.45, 7) is 0.610. The average Bonchev–Trinajstić information content (AvgIpc) is 2.95. The van der Waals surface area contributed by atoms with E-state index in [-0.39, 0.29) is 5.91 Å². The Morgan fingerprint density at radius 2 is 2.05 bits per heavy atom. The van der Waals surface area contributed by atoms with E-state index in [0.717, 1.165) is 17.7 Å². The van der Waals surface area contributed by atoms with Gasteiger partial charge in [-0.25, -0.2) is 4.79 Å². The van der Waals surface area contributed by atoms with Crippen molar-refractivity contribution in [2.45, 2.75) is 50.5 Å². The maximum Gasteiger partial charge on any atom is 0.332 e. The lowest BCUT2D eigenvalue weighted by Gasteiger charge is -2.25. The predicted octanol–water partition coefficient (Wildman–Crippen LogP) is 1.87. The second-order valence-electron chi connectivity index (χ2n) is 5.31. The first-order valence-corrected chi connectivity index (χ1v) is 7.74. The van der Waals surface area contributed by atoms with Crippen molar-refractivity contribution in [2.24, 2.45) is 0 Å². The minimum Gasteiger partial charge on any atom is -0.479 e. The van der Waals surface area contributed by atoms with E-state index >= 15 is 0 Å². The Bertz CT molecular complexity index is 497. The molecular formula is C14H17NO4S. The lowest BCUT2D eigenvalue weighted by atomic mass is 10.1. The zero-order valence-corrected chi connectivity index (χ0v) is 11.8. The smallest absolute Gasteiger partial charge is 0.332 e. The molecule has 1 aliphatic carbocycles. The first-order chi connectivity index (χ1) is 9.65. The summed E-state index contributed by atoms with van der Waals surface area (Å²) in [6, 6.07) is 4.29. The van der Waals surface area contributed by atoms with Crippen molar-refractivity contribution in [3.63, 3.8) is 0 Å². The van der Waals surface area contributed by atoms with Crippen LogP contribution in [-0.4, -0.2) is 40.1 Å². The van der Waals surface area contributed by atoms with Gasteiger partial charge in [-0.2, -0.15) is 0 Å². The summed E-state index contributed by atoms with van der Waals surface area (Å²) in [5.41, 5.74) is 0. The number of carbonyl (C=O) groups is 2. The van der Waals surface area contributed by atoms with E-state index in [0.29, 0.717) is 25.4 Å². The highest BCUT2D eigenvalue weighted by molar-refractivity contribution is 7.09. The third-order valence-electron chi connectivity index (χ3n) is 3.75. The van der Waals surface area contributed by atoms with E-state index in [4.69, 9.17) is 9.84 Å². The van der Waals surface area contributed by atoms with Crippen molar-refractivity contribution in [3.8, 4) is 0 Å². The molecule has 1 aromatic heterocycles. The molecule has 1 saturated heterocycles. The third-order valence-corrected chi connectivity index (χ3v) is 4.61. The number of ether oxygens (including phenoxy) is 1. The summed E-state index contributed by atoms with van der Waals surface area (Å²) in [7, 11) is 0. The predicted molar refractivity (Wildman–Crippen MR) is 73.4 cm³/mol. The summed E-state index contributed by atoms with van der Waals surface area (Å²) in [5.74, 6) is -1.03. The fraction of sp³-hybridized carbons (Fsp3) is 0.571. The van der Waals surface area contributed by atoms with Gasteiger partial charge in [0.25, 0.3) is 5.91 Å². The highest BCUT2D eigenvalue weighted by Gasteiger charge is 2.41. The number of rotatable bonds is 5. The fourth-order valence-electron chi connectivity index (χ4n) is 2.53. The van der Waals surface area contributed by atoms with Gasteiger partial charge < -0.3 is 14.7 Å². The van der Waals surface area contributed by atoms with Crippen LogP contribution in [0.4, 0.5) is 0 Å². The van der Waals surface area contributed by atoms with E-state index in [9.17, 15) is 9.59 Å². The Balaban J connectivity index is 1.65. The average molecular weight is 295 g/mol. The lowest BCUT2D eigenvalue weighted by Crippen LogP contribution is -2.40. The first-order valence-electron chi connectivity index (χ1n) is 6.86. The van der Waals surface area contributed by atoms with Crippen LogP contribution >= 0.6 is 11.3 Å². The molecule has 0 bridgehead atoms. The Labute approximate surface area is 121 Å². The monoisotopic (exact) mass is 295 g/mol. The van der Waals surface area contributed by atoms with Crippen LogP contribution in [0.15, 0.2) is 17.5 Å². The van der Waals surface area contributed by atoms with Gasteiger partial charge in [-0.3, -0.25) is 4.79 Å². The zero-order chi connectivity index (χ0) is 14.1. The molecule has 108 valence electrons. The zero-order valence-electron chi connectivity index (χ0n) is 11.0. The number of nitrogens with zero attached hydrogens (tertiary/aromatic N) is 1. The molecule has 0 spiro atoms. The number of thiophene rings is 1. The van der Waals surface area contributed by atoms with Crippen LogP contribution in [0.5, 0.6) is 0 Å². The molecule has 2 heterocycles. The Morgan fingerprint density at radius 1 is 1.30 bits per heavy atom. The maximum atomic E-state index is 12.5. The Kier molecular flexibility index (Phi) is 3.76. The second kappa shape index (κ2) is 5.54. The number of hydrogen-bond donors (Lipinski definition) is 1. The van der Waals surface area contributed by atoms with Gasteiger partial charge in [-0.1, -0.05) is 6.07 Å². The SMILES string of the molecule is O=C(O)C1CCC(C(=O)N(Cc2cccs2)C2CC2)O1. The van der Waals surface area contributed by atoms with Crippen LogP contribution in [0, 0.1) is 0 Å². The Morgan fingerprint density at radius 3 is 2.60 bits per heavy atom. The molecule has 5 nitrogen and oxygen atoms in total. The second-order valence-corrected chi connectivity index (χ2v) is 6.34. The number of carboxylic acid groups (broad SMARTS) is 1. The number of carbonyl (C=O) groups excluding carboxylic acids is 1. The molecule has 1 N–H and O–H groups in total. The van der Waals surface area contributed by atoms with Crippen LogP contribution in [0.3, 0.4) is 0 Å². The largest absolute Gasteiger partial charge is 0.479 e. The third kappa shape index (κ3) is 2.86. The van der Waals surface area contributed by atoms with Gasteiger partial charge in [0.2, 0.25) is 0 Å². The molecule has 1 aromatic rings. The minimum absolute atomic E-state index is 0.0512. The number of amides is 1. The molecule has 3 rings (SSSR count). The van der Waals surface area contributed by atoms with E-state index in [1.54, 1.807) is 11.3 Å². The highest BCUT2D eigenvalue weighted by atomic mass is 32.1. The van der Waals surface area contributed by atoms with Crippen molar-refractivity contribution >= 4 is 23.2 Å². The standard InChI is InChI=1S/C14H17NO4S/c16-13(11-5-6-12(19-11)14(17)18)15(9-3-4-9)8-10-2-1-7-20-10/h1-2,7,9,11-12H,3-6,8H2,(H,17,18). The minimum atomic E-state index is -0.975. The van der Waals surface area contributed by atoms with E-state index in [2.05, 4.69) is 0 Å². The number of hydrogen-bond acceptors (Lipinski definition) is 4. The number of aliphatic carboxylic acids is 1. The summed E-state index contributed by atoms with van der Waals surface area (Å²) >= 11 is 1.63. The molecule has 2 unspecified atom stereocenters. The van der Waals surface area contributed by atoms with Crippen molar-refractivity contribution < 1.29 is 19.4 Å². The number of carboxylic acids is 1. The van der Waals surface area contributed by atoms with Gasteiger partial charge in [-0.15, -0.1) is 11.3 Å². The normalized spacial score (nSPS) is 25.6. The fourth-order valence-corrected chi connectivity index (χ4v) is 3.23. The van der Waals surface area contributed by atoms with E-state index in [1.807, 2.05) is 22.4 Å². The molecule has 1 aliphatic heterocycles. The van der Waals surface area contributed by atoms with Crippen LogP contribution in [-0.2, 0) is 20.9 Å². The van der Waals surface area contributed by atoms with Crippen LogP contribution < -0.4 is 0 Å². The topological polar surface area (TPSA) is 66.8 Å². The summed E-state index contributed by atoms with van der Waals surface area (Å²) in [6.07, 6.45) is 1.58. The van der Waals surface area contributed by atoms with Crippen LogP contribution in [0.1, 0.15) is 30.6 Å². The van der Waals surface area contributed by atoms with Gasteiger partial charge in [-0.05, 0) is 37.1 Å². The molecule has 2 aliphatic rings. The quantitative estimate of drug-likeness (QED) is 0.900. The molecule has 2 atom stereocenters. The van der Waals surface area contributed by atoms with Crippen LogP contribution in [0.2, 0.25) is 0 Å². The molecule has 2 fully saturated rings. The molecule has 6 heteroatoms. The van der Waals surface area contributed by atoms with Crippen molar-refractivity contribution in [2.75, 3.05) is 0 Å². The van der Waals surface area contributed by atoms with E-state index < -0.39 is 18.2 Å². The van der Waals surface area contributed by atoms with Crippen molar-refractivity contribution in [1.29, 1.82) is 0 Å². The van der Waals surface area contributed by atoms with Gasteiger partial charge in [0, 0.05) is 10.9 Å². The van der Waals surface area contributed by atoms with Gasteiger partial charge in [0.1, 0.15) is 6.10 Å². The summed E-state index contributed by atoms with van der Waals surface area (Å²) < 4.78 is 5.38. The molecule has 1 saturated carbocycles. The molecule has 0 radical (unpaired) electrons. The summed E-state index contributed by atoms with van der Waals surface area (Å²) in [4.78, 5) is 26.4. The Hall–Kier alpha value is -1.40. The van der Waals surface area contributed by atoms with Crippen LogP contribution in [0.25, 0.3) is 0 Å². The maximum absolute atomic E-state index is 12.5. The van der Waals surface area contributed by atoms with E-state index in [1.165, 1.54) is 0 Å². The van der Waals surface area contributed by atoms with Gasteiger partial charge in [0.15, 0.2) is 6.10 Å². The van der Waals surface area contributed by atoms with Crippen molar-refractivity contribution in [1.82, 2.24) is 4.90 Å². The first kappa shape index (κ1) is 13.6. The molecule has 0 aromatic carbocycles. The van der Waals surface area contributed by atoms with Crippen molar-refractivity contribution in [3.05, 3.63) is 22.4 Å².